The van der Waals surface area contributed by atoms with E-state index in [1.165, 1.54) is 23.0 Å². The number of carbonyl (C=O) groups excluding carboxylic acids is 1. The van der Waals surface area contributed by atoms with E-state index >= 15 is 0 Å². The summed E-state index contributed by atoms with van der Waals surface area (Å²) >= 11 is 5.80. The van der Waals surface area contributed by atoms with E-state index in [1.807, 2.05) is 0 Å². The zero-order chi connectivity index (χ0) is 15.4. The molecular formula is C14H13ClFN3O2. The Balaban J connectivity index is 1.97. The van der Waals surface area contributed by atoms with Crippen molar-refractivity contribution < 1.29 is 9.18 Å². The highest BCUT2D eigenvalue weighted by atomic mass is 35.5. The first kappa shape index (κ1) is 15.2. The molecule has 0 saturated heterocycles. The Morgan fingerprint density at radius 2 is 2.19 bits per heavy atom. The van der Waals surface area contributed by atoms with Gasteiger partial charge in [-0.15, -0.1) is 0 Å². The van der Waals surface area contributed by atoms with Gasteiger partial charge >= 0.3 is 0 Å². The van der Waals surface area contributed by atoms with Crippen LogP contribution in [0.3, 0.4) is 0 Å². The molecule has 1 aromatic carbocycles. The molecule has 0 unspecified atom stereocenters. The number of hydrogen-bond donors (Lipinski definition) is 1. The number of rotatable bonds is 4. The van der Waals surface area contributed by atoms with Crippen LogP contribution in [0.2, 0.25) is 5.02 Å². The lowest BCUT2D eigenvalue weighted by molar-refractivity contribution is 0.0952. The van der Waals surface area contributed by atoms with Crippen LogP contribution in [0.1, 0.15) is 16.1 Å². The lowest BCUT2D eigenvalue weighted by Crippen LogP contribution is -2.31. The van der Waals surface area contributed by atoms with Gasteiger partial charge in [-0.1, -0.05) is 11.6 Å². The molecule has 7 heteroatoms. The summed E-state index contributed by atoms with van der Waals surface area (Å²) in [5.41, 5.74) is 0.641. The molecule has 5 nitrogen and oxygen atoms in total. The molecule has 0 atom stereocenters. The Labute approximate surface area is 125 Å². The van der Waals surface area contributed by atoms with Crippen LogP contribution in [0, 0.1) is 12.7 Å². The second kappa shape index (κ2) is 6.49. The highest BCUT2D eigenvalue weighted by Crippen LogP contribution is 2.16. The van der Waals surface area contributed by atoms with Crippen molar-refractivity contribution in [2.24, 2.45) is 0 Å². The van der Waals surface area contributed by atoms with Crippen molar-refractivity contribution in [2.45, 2.75) is 13.5 Å². The van der Waals surface area contributed by atoms with Crippen LogP contribution >= 0.6 is 11.6 Å². The molecule has 2 aromatic rings. The fourth-order valence-electron chi connectivity index (χ4n) is 1.74. The zero-order valence-electron chi connectivity index (χ0n) is 11.3. The summed E-state index contributed by atoms with van der Waals surface area (Å²) in [4.78, 5) is 27.5. The average molecular weight is 310 g/mol. The smallest absolute Gasteiger partial charge is 0.253 e. The Morgan fingerprint density at radius 1 is 1.43 bits per heavy atom. The average Bonchev–Trinajstić information content (AvgIpc) is 2.41. The second-order valence-electron chi connectivity index (χ2n) is 4.44. The summed E-state index contributed by atoms with van der Waals surface area (Å²) in [6.07, 6.45) is 1.43. The predicted molar refractivity (Wildman–Crippen MR) is 77.0 cm³/mol. The van der Waals surface area contributed by atoms with Crippen LogP contribution in [0.4, 0.5) is 4.39 Å². The minimum absolute atomic E-state index is 0.0432. The van der Waals surface area contributed by atoms with E-state index in [4.69, 9.17) is 11.6 Å². The molecule has 0 radical (unpaired) electrons. The van der Waals surface area contributed by atoms with Crippen LogP contribution < -0.4 is 10.9 Å². The SMILES string of the molecule is Cc1cc(=O)n(CCNC(=O)c2ccc(F)cc2Cl)cn1. The van der Waals surface area contributed by atoms with Crippen molar-refractivity contribution in [1.29, 1.82) is 0 Å². The first-order valence-electron chi connectivity index (χ1n) is 6.23. The molecule has 0 aliphatic rings. The maximum absolute atomic E-state index is 12.9. The molecule has 0 aliphatic heterocycles. The number of hydrogen-bond acceptors (Lipinski definition) is 3. The highest BCUT2D eigenvalue weighted by Gasteiger charge is 2.10. The van der Waals surface area contributed by atoms with Crippen molar-refractivity contribution in [3.05, 3.63) is 63.0 Å². The number of amides is 1. The van der Waals surface area contributed by atoms with Gasteiger partial charge in [-0.3, -0.25) is 14.2 Å². The standard InChI is InChI=1S/C14H13ClFN3O2/c1-9-6-13(20)19(8-18-9)5-4-17-14(21)11-3-2-10(16)7-12(11)15/h2-3,6-8H,4-5H2,1H3,(H,17,21). The molecule has 0 spiro atoms. The van der Waals surface area contributed by atoms with Gasteiger partial charge in [-0.05, 0) is 25.1 Å². The highest BCUT2D eigenvalue weighted by molar-refractivity contribution is 6.33. The largest absolute Gasteiger partial charge is 0.350 e. The minimum Gasteiger partial charge on any atom is -0.350 e. The summed E-state index contributed by atoms with van der Waals surface area (Å²) in [6.45, 7) is 2.25. The lowest BCUT2D eigenvalue weighted by atomic mass is 10.2. The quantitative estimate of drug-likeness (QED) is 0.936. The van der Waals surface area contributed by atoms with E-state index in [0.29, 0.717) is 5.69 Å². The van der Waals surface area contributed by atoms with Crippen molar-refractivity contribution in [1.82, 2.24) is 14.9 Å². The summed E-state index contributed by atoms with van der Waals surface area (Å²) < 4.78 is 14.3. The number of aromatic nitrogens is 2. The first-order chi connectivity index (χ1) is 9.97. The number of aryl methyl sites for hydroxylation is 1. The Hall–Kier alpha value is -2.21. The maximum Gasteiger partial charge on any atom is 0.253 e. The number of carbonyl (C=O) groups is 1. The van der Waals surface area contributed by atoms with E-state index in [2.05, 4.69) is 10.3 Å². The van der Waals surface area contributed by atoms with Gasteiger partial charge in [-0.25, -0.2) is 9.37 Å². The molecule has 0 bridgehead atoms. The fraction of sp³-hybridized carbons (Fsp3) is 0.214. The zero-order valence-corrected chi connectivity index (χ0v) is 12.0. The van der Waals surface area contributed by atoms with Gasteiger partial charge in [0, 0.05) is 24.8 Å². The Kier molecular flexibility index (Phi) is 4.70. The van der Waals surface area contributed by atoms with Crippen LogP contribution in [0.25, 0.3) is 0 Å². The third-order valence-electron chi connectivity index (χ3n) is 2.83. The van der Waals surface area contributed by atoms with Gasteiger partial charge in [0.15, 0.2) is 0 Å². The molecule has 21 heavy (non-hydrogen) atoms. The molecule has 1 N–H and O–H groups in total. The van der Waals surface area contributed by atoms with Gasteiger partial charge in [0.05, 0.1) is 16.9 Å². The third-order valence-corrected chi connectivity index (χ3v) is 3.14. The Morgan fingerprint density at radius 3 is 2.86 bits per heavy atom. The molecule has 0 aliphatic carbocycles. The van der Waals surface area contributed by atoms with Crippen molar-refractivity contribution in [3.8, 4) is 0 Å². The lowest BCUT2D eigenvalue weighted by Gasteiger charge is -2.08. The van der Waals surface area contributed by atoms with Crippen LogP contribution in [0.5, 0.6) is 0 Å². The number of nitrogens with one attached hydrogen (secondary N) is 1. The molecule has 1 heterocycles. The van der Waals surface area contributed by atoms with Crippen molar-refractivity contribution >= 4 is 17.5 Å². The summed E-state index contributed by atoms with van der Waals surface area (Å²) in [7, 11) is 0. The molecule has 0 saturated carbocycles. The van der Waals surface area contributed by atoms with Crippen molar-refractivity contribution in [2.75, 3.05) is 6.54 Å². The number of halogens is 2. The van der Waals surface area contributed by atoms with E-state index < -0.39 is 11.7 Å². The Bertz CT molecular complexity index is 730. The second-order valence-corrected chi connectivity index (χ2v) is 4.85. The van der Waals surface area contributed by atoms with Gasteiger partial charge in [0.2, 0.25) is 0 Å². The summed E-state index contributed by atoms with van der Waals surface area (Å²) in [5, 5.41) is 2.66. The van der Waals surface area contributed by atoms with Crippen LogP contribution in [-0.2, 0) is 6.54 Å². The predicted octanol–water partition coefficient (Wildman–Crippen LogP) is 1.77. The molecule has 2 rings (SSSR count). The van der Waals surface area contributed by atoms with Crippen LogP contribution in [-0.4, -0.2) is 22.0 Å². The summed E-state index contributed by atoms with van der Waals surface area (Å²) in [5.74, 6) is -0.929. The van der Waals surface area contributed by atoms with Gasteiger partial charge in [0.1, 0.15) is 5.82 Å². The van der Waals surface area contributed by atoms with Gasteiger partial charge in [-0.2, -0.15) is 0 Å². The van der Waals surface area contributed by atoms with Gasteiger partial charge in [0.25, 0.3) is 11.5 Å². The number of benzene rings is 1. The van der Waals surface area contributed by atoms with E-state index in [1.54, 1.807) is 6.92 Å². The normalized spacial score (nSPS) is 10.4. The van der Waals surface area contributed by atoms with Crippen LogP contribution in [0.15, 0.2) is 35.4 Å². The number of nitrogens with zero attached hydrogens (tertiary/aromatic N) is 2. The molecular weight excluding hydrogens is 297 g/mol. The maximum atomic E-state index is 12.9. The van der Waals surface area contributed by atoms with E-state index in [-0.39, 0.29) is 29.2 Å². The molecule has 1 amide bonds. The van der Waals surface area contributed by atoms with E-state index in [0.717, 1.165) is 12.1 Å². The monoisotopic (exact) mass is 309 g/mol. The summed E-state index contributed by atoms with van der Waals surface area (Å²) in [6, 6.07) is 4.96. The van der Waals surface area contributed by atoms with Gasteiger partial charge < -0.3 is 5.32 Å². The molecule has 1 aromatic heterocycles. The fourth-order valence-corrected chi connectivity index (χ4v) is 2.00. The topological polar surface area (TPSA) is 64.0 Å². The van der Waals surface area contributed by atoms with E-state index in [9.17, 15) is 14.0 Å². The first-order valence-corrected chi connectivity index (χ1v) is 6.61. The third kappa shape index (κ3) is 3.88. The van der Waals surface area contributed by atoms with Crippen molar-refractivity contribution in [3.63, 3.8) is 0 Å². The minimum atomic E-state index is -0.506. The molecule has 110 valence electrons. The molecule has 0 fully saturated rings.